The van der Waals surface area contributed by atoms with Gasteiger partial charge in [-0.05, 0) is 30.5 Å². The van der Waals surface area contributed by atoms with Crippen LogP contribution < -0.4 is 4.74 Å². The van der Waals surface area contributed by atoms with E-state index in [1.165, 1.54) is 4.90 Å². The minimum atomic E-state index is -0.924. The van der Waals surface area contributed by atoms with Crippen molar-refractivity contribution in [1.29, 1.82) is 5.26 Å². The molecule has 6 heteroatoms. The normalized spacial score (nSPS) is 23.9. The zero-order valence-electron chi connectivity index (χ0n) is 14.1. The van der Waals surface area contributed by atoms with E-state index in [9.17, 15) is 14.7 Å². The van der Waals surface area contributed by atoms with Gasteiger partial charge in [0.05, 0.1) is 30.9 Å². The van der Waals surface area contributed by atoms with Crippen LogP contribution in [0.2, 0.25) is 0 Å². The third kappa shape index (κ3) is 3.83. The maximum Gasteiger partial charge on any atom is 0.233 e. The summed E-state index contributed by atoms with van der Waals surface area (Å²) in [6.45, 7) is -0.0127. The summed E-state index contributed by atoms with van der Waals surface area (Å²) < 4.78 is 5.52. The highest BCUT2D eigenvalue weighted by molar-refractivity contribution is 6.05. The number of fused-ring (bicyclic) bond motifs is 1. The average Bonchev–Trinajstić information content (AvgIpc) is 2.87. The van der Waals surface area contributed by atoms with E-state index in [1.54, 1.807) is 24.3 Å². The van der Waals surface area contributed by atoms with Crippen LogP contribution >= 0.6 is 0 Å². The fourth-order valence-corrected chi connectivity index (χ4v) is 3.66. The number of ether oxygens (including phenoxy) is 1. The van der Waals surface area contributed by atoms with E-state index in [2.05, 4.69) is 6.07 Å². The first-order valence-electron chi connectivity index (χ1n) is 8.72. The molecule has 2 fully saturated rings. The zero-order chi connectivity index (χ0) is 17.8. The highest BCUT2D eigenvalue weighted by Crippen LogP contribution is 2.37. The van der Waals surface area contributed by atoms with Crippen molar-refractivity contribution in [3.05, 3.63) is 29.8 Å². The van der Waals surface area contributed by atoms with E-state index in [0.29, 0.717) is 12.2 Å². The van der Waals surface area contributed by atoms with Crippen LogP contribution in [0.25, 0.3) is 0 Å². The molecule has 1 N–H and O–H groups in total. The van der Waals surface area contributed by atoms with Crippen molar-refractivity contribution in [1.82, 2.24) is 4.90 Å². The first-order valence-corrected chi connectivity index (χ1v) is 8.72. The van der Waals surface area contributed by atoms with Crippen LogP contribution in [0.4, 0.5) is 0 Å². The van der Waals surface area contributed by atoms with Gasteiger partial charge < -0.3 is 9.84 Å². The molecule has 0 unspecified atom stereocenters. The molecule has 1 aromatic carbocycles. The van der Waals surface area contributed by atoms with Crippen molar-refractivity contribution in [3.8, 4) is 11.8 Å². The summed E-state index contributed by atoms with van der Waals surface area (Å²) in [5.41, 5.74) is 0.895. The highest BCUT2D eigenvalue weighted by Gasteiger charge is 2.48. The Balaban J connectivity index is 1.52. The summed E-state index contributed by atoms with van der Waals surface area (Å²) in [5, 5.41) is 18.8. The van der Waals surface area contributed by atoms with Gasteiger partial charge in [-0.1, -0.05) is 25.0 Å². The molecule has 2 amide bonds. The lowest BCUT2D eigenvalue weighted by molar-refractivity contribution is -0.141. The van der Waals surface area contributed by atoms with E-state index < -0.39 is 6.10 Å². The number of hydrogen-bond acceptors (Lipinski definition) is 5. The van der Waals surface area contributed by atoms with Crippen LogP contribution in [0.3, 0.4) is 0 Å². The number of likely N-dealkylation sites (tertiary alicyclic amines) is 1. The minimum Gasteiger partial charge on any atom is -0.491 e. The molecule has 1 aromatic rings. The zero-order valence-corrected chi connectivity index (χ0v) is 14.1. The molecule has 1 heterocycles. The molecule has 3 atom stereocenters. The lowest BCUT2D eigenvalue weighted by Crippen LogP contribution is -2.40. The van der Waals surface area contributed by atoms with Crippen molar-refractivity contribution < 1.29 is 19.4 Å². The molecule has 132 valence electrons. The number of imide groups is 1. The number of nitrogens with zero attached hydrogens (tertiary/aromatic N) is 2. The van der Waals surface area contributed by atoms with Crippen LogP contribution in [0.15, 0.2) is 24.3 Å². The fourth-order valence-electron chi connectivity index (χ4n) is 3.66. The van der Waals surface area contributed by atoms with Crippen LogP contribution in [-0.2, 0) is 16.0 Å². The van der Waals surface area contributed by atoms with Gasteiger partial charge in [0.25, 0.3) is 0 Å². The Morgan fingerprint density at radius 2 is 1.76 bits per heavy atom. The Morgan fingerprint density at radius 3 is 2.32 bits per heavy atom. The Labute approximate surface area is 147 Å². The monoisotopic (exact) mass is 342 g/mol. The maximum atomic E-state index is 12.4. The van der Waals surface area contributed by atoms with E-state index >= 15 is 0 Å². The molecule has 1 saturated carbocycles. The van der Waals surface area contributed by atoms with E-state index in [-0.39, 0.29) is 36.8 Å². The van der Waals surface area contributed by atoms with Gasteiger partial charge >= 0.3 is 0 Å². The summed E-state index contributed by atoms with van der Waals surface area (Å²) in [4.78, 5) is 26.0. The van der Waals surface area contributed by atoms with Crippen LogP contribution in [0, 0.1) is 23.2 Å². The summed E-state index contributed by atoms with van der Waals surface area (Å²) in [6, 6.07) is 9.14. The molecule has 1 aliphatic heterocycles. The minimum absolute atomic E-state index is 0.00396. The van der Waals surface area contributed by atoms with E-state index in [4.69, 9.17) is 10.00 Å². The van der Waals surface area contributed by atoms with Gasteiger partial charge in [-0.25, -0.2) is 0 Å². The topological polar surface area (TPSA) is 90.6 Å². The predicted molar refractivity (Wildman–Crippen MR) is 89.4 cm³/mol. The fraction of sp³-hybridized carbons (Fsp3) is 0.526. The lowest BCUT2D eigenvalue weighted by atomic mass is 9.81. The van der Waals surface area contributed by atoms with Gasteiger partial charge in [0.15, 0.2) is 0 Å². The molecule has 0 spiro atoms. The number of hydrogen-bond donors (Lipinski definition) is 1. The predicted octanol–water partition coefficient (Wildman–Crippen LogP) is 1.67. The molecular formula is C19H22N2O4. The molecule has 0 radical (unpaired) electrons. The highest BCUT2D eigenvalue weighted by atomic mass is 16.5. The number of rotatable bonds is 6. The maximum absolute atomic E-state index is 12.4. The quantitative estimate of drug-likeness (QED) is 0.794. The number of aliphatic hydroxyl groups is 1. The van der Waals surface area contributed by atoms with Crippen LogP contribution in [0.5, 0.6) is 5.75 Å². The third-order valence-electron chi connectivity index (χ3n) is 4.97. The number of amides is 2. The van der Waals surface area contributed by atoms with Gasteiger partial charge in [0.1, 0.15) is 18.5 Å². The molecule has 6 nitrogen and oxygen atoms in total. The number of β-amino-alcohol motifs (C(OH)–C–C–N with tert-alkyl or cyclic N) is 1. The van der Waals surface area contributed by atoms with Crippen LogP contribution in [0.1, 0.15) is 31.2 Å². The molecule has 1 saturated heterocycles. The number of benzene rings is 1. The third-order valence-corrected chi connectivity index (χ3v) is 4.97. The van der Waals surface area contributed by atoms with Gasteiger partial charge in [-0.15, -0.1) is 0 Å². The largest absolute Gasteiger partial charge is 0.491 e. The smallest absolute Gasteiger partial charge is 0.233 e. The summed E-state index contributed by atoms with van der Waals surface area (Å²) in [7, 11) is 0. The Hall–Kier alpha value is -2.39. The number of carbonyl (C=O) groups excluding carboxylic acids is 2. The van der Waals surface area contributed by atoms with Gasteiger partial charge in [-0.3, -0.25) is 14.5 Å². The Kier molecular flexibility index (Phi) is 5.34. The van der Waals surface area contributed by atoms with Crippen molar-refractivity contribution in [2.75, 3.05) is 13.2 Å². The molecule has 25 heavy (non-hydrogen) atoms. The van der Waals surface area contributed by atoms with Crippen molar-refractivity contribution in [2.24, 2.45) is 11.8 Å². The molecule has 2 aliphatic rings. The number of carbonyl (C=O) groups is 2. The van der Waals surface area contributed by atoms with Crippen molar-refractivity contribution in [3.63, 3.8) is 0 Å². The van der Waals surface area contributed by atoms with Crippen molar-refractivity contribution in [2.45, 2.75) is 38.2 Å². The molecule has 3 rings (SSSR count). The summed E-state index contributed by atoms with van der Waals surface area (Å²) >= 11 is 0. The van der Waals surface area contributed by atoms with Gasteiger partial charge in [0.2, 0.25) is 11.8 Å². The SMILES string of the molecule is N#CCc1ccc(OC[C@H](O)CN2C(=O)[C@@H]3CCCC[C@H]3C2=O)cc1. The summed E-state index contributed by atoms with van der Waals surface area (Å²) in [5.74, 6) is -0.0956. The molecule has 1 aliphatic carbocycles. The molecule has 0 aromatic heterocycles. The van der Waals surface area contributed by atoms with Crippen LogP contribution in [-0.4, -0.2) is 41.1 Å². The second kappa shape index (κ2) is 7.66. The number of aliphatic hydroxyl groups excluding tert-OH is 1. The van der Waals surface area contributed by atoms with E-state index in [0.717, 1.165) is 31.2 Å². The Bertz CT molecular complexity index is 656. The number of nitriles is 1. The first kappa shape index (κ1) is 17.4. The Morgan fingerprint density at radius 1 is 1.16 bits per heavy atom. The molecular weight excluding hydrogens is 320 g/mol. The average molecular weight is 342 g/mol. The first-order chi connectivity index (χ1) is 12.1. The van der Waals surface area contributed by atoms with Gasteiger partial charge in [0, 0.05) is 0 Å². The molecule has 0 bridgehead atoms. The van der Waals surface area contributed by atoms with E-state index in [1.807, 2.05) is 0 Å². The second-order valence-electron chi connectivity index (χ2n) is 6.73. The van der Waals surface area contributed by atoms with Gasteiger partial charge in [-0.2, -0.15) is 5.26 Å². The lowest BCUT2D eigenvalue weighted by Gasteiger charge is -2.19. The standard InChI is InChI=1S/C19H22N2O4/c20-10-9-13-5-7-15(8-6-13)25-12-14(22)11-21-18(23)16-3-1-2-4-17(16)19(21)24/h5-8,14,16-17,22H,1-4,9,11-12H2/t14-,16-,17-/m1/s1. The van der Waals surface area contributed by atoms with Crippen molar-refractivity contribution >= 4 is 11.8 Å². The summed E-state index contributed by atoms with van der Waals surface area (Å²) in [6.07, 6.45) is 2.93. The second-order valence-corrected chi connectivity index (χ2v) is 6.73.